The maximum absolute atomic E-state index is 13.6. The lowest BCUT2D eigenvalue weighted by Crippen LogP contribution is -2.41. The molecule has 0 saturated carbocycles. The average Bonchev–Trinajstić information content (AvgIpc) is 2.99. The Bertz CT molecular complexity index is 1050. The van der Waals surface area contributed by atoms with Crippen LogP contribution in [0.3, 0.4) is 0 Å². The van der Waals surface area contributed by atoms with Crippen molar-refractivity contribution in [1.29, 1.82) is 0 Å². The second-order valence-corrected chi connectivity index (χ2v) is 9.63. The van der Waals surface area contributed by atoms with Gasteiger partial charge in [0.05, 0.1) is 5.69 Å². The van der Waals surface area contributed by atoms with Crippen LogP contribution in [0, 0.1) is 0 Å². The third-order valence-corrected chi connectivity index (χ3v) is 6.69. The van der Waals surface area contributed by atoms with Gasteiger partial charge in [0, 0.05) is 30.2 Å². The summed E-state index contributed by atoms with van der Waals surface area (Å²) in [6, 6.07) is 14.4. The Labute approximate surface area is 221 Å². The van der Waals surface area contributed by atoms with E-state index in [-0.39, 0.29) is 18.4 Å². The van der Waals surface area contributed by atoms with E-state index in [0.29, 0.717) is 28.9 Å². The maximum atomic E-state index is 13.6. The van der Waals surface area contributed by atoms with Gasteiger partial charge in [-0.1, -0.05) is 63.1 Å². The molecule has 0 bridgehead atoms. The van der Waals surface area contributed by atoms with Crippen molar-refractivity contribution in [2.45, 2.75) is 65.4 Å². The minimum absolute atomic E-state index is 0.101. The number of unbranched alkanes of at least 4 members (excludes halogenated alkanes) is 3. The number of carbonyl (C=O) groups excluding carboxylic acids is 3. The molecule has 2 aromatic rings. The van der Waals surface area contributed by atoms with Gasteiger partial charge in [0.25, 0.3) is 5.91 Å². The van der Waals surface area contributed by atoms with Gasteiger partial charge in [-0.05, 0) is 57.5 Å². The van der Waals surface area contributed by atoms with Crippen molar-refractivity contribution in [3.05, 3.63) is 65.2 Å². The molecule has 0 spiro atoms. The molecule has 1 heterocycles. The fourth-order valence-corrected chi connectivity index (χ4v) is 4.73. The van der Waals surface area contributed by atoms with Crippen LogP contribution in [0.1, 0.15) is 86.9 Å². The van der Waals surface area contributed by atoms with Crippen LogP contribution in [-0.2, 0) is 14.3 Å². The number of para-hydroxylation sites is 1. The molecular formula is C30H41N3O4. The molecule has 1 aliphatic rings. The molecule has 200 valence electrons. The highest BCUT2D eigenvalue weighted by molar-refractivity contribution is 6.11. The Morgan fingerprint density at radius 1 is 0.892 bits per heavy atom. The Kier molecular flexibility index (Phi) is 11.1. The summed E-state index contributed by atoms with van der Waals surface area (Å²) in [6.45, 7) is 9.58. The molecule has 0 fully saturated rings. The van der Waals surface area contributed by atoms with E-state index in [1.807, 2.05) is 24.3 Å². The standard InChI is InChI=1S/C30H41N3O4/c1-4-6-19-32(20-7-5-2)21-13-12-18-31-28(35)22-33-27-17-11-10-16-26(27)29(37-23(3)34)24-14-8-9-15-25(24)30(33)36/h8-11,14-17,29H,4-7,12-13,18-22H2,1-3H3,(H,31,35). The van der Waals surface area contributed by atoms with Crippen LogP contribution in [0.15, 0.2) is 48.5 Å². The first-order chi connectivity index (χ1) is 18.0. The van der Waals surface area contributed by atoms with Crippen molar-refractivity contribution in [3.8, 4) is 0 Å². The second-order valence-electron chi connectivity index (χ2n) is 9.63. The molecule has 7 heteroatoms. The molecule has 1 N–H and O–H groups in total. The molecule has 1 atom stereocenters. The number of hydrogen-bond acceptors (Lipinski definition) is 5. The Balaban J connectivity index is 1.65. The number of nitrogens with one attached hydrogen (secondary N) is 1. The summed E-state index contributed by atoms with van der Waals surface area (Å²) < 4.78 is 5.66. The zero-order valence-corrected chi connectivity index (χ0v) is 22.5. The molecular weight excluding hydrogens is 466 g/mol. The molecule has 1 aliphatic heterocycles. The van der Waals surface area contributed by atoms with E-state index in [4.69, 9.17) is 4.74 Å². The smallest absolute Gasteiger partial charge is 0.303 e. The summed E-state index contributed by atoms with van der Waals surface area (Å²) in [5, 5.41) is 2.99. The van der Waals surface area contributed by atoms with Gasteiger partial charge in [0.1, 0.15) is 6.54 Å². The topological polar surface area (TPSA) is 79.0 Å². The van der Waals surface area contributed by atoms with Gasteiger partial charge in [-0.3, -0.25) is 19.3 Å². The van der Waals surface area contributed by atoms with Gasteiger partial charge in [-0.2, -0.15) is 0 Å². The summed E-state index contributed by atoms with van der Waals surface area (Å²) >= 11 is 0. The number of esters is 1. The molecule has 1 unspecified atom stereocenters. The molecule has 2 amide bonds. The Morgan fingerprint density at radius 2 is 1.51 bits per heavy atom. The lowest BCUT2D eigenvalue weighted by Gasteiger charge is -2.24. The van der Waals surface area contributed by atoms with Crippen molar-refractivity contribution >= 4 is 23.5 Å². The second kappa shape index (κ2) is 14.5. The Hall–Kier alpha value is -3.19. The summed E-state index contributed by atoms with van der Waals surface area (Å²) in [7, 11) is 0. The number of carbonyl (C=O) groups is 3. The SMILES string of the molecule is CCCCN(CCCC)CCCCNC(=O)CN1C(=O)c2ccccc2C(OC(C)=O)c2ccccc21. The third-order valence-electron chi connectivity index (χ3n) is 6.69. The zero-order chi connectivity index (χ0) is 26.6. The number of hydrogen-bond donors (Lipinski definition) is 1. The zero-order valence-electron chi connectivity index (χ0n) is 22.5. The summed E-state index contributed by atoms with van der Waals surface area (Å²) in [4.78, 5) is 42.4. The van der Waals surface area contributed by atoms with Crippen LogP contribution < -0.4 is 10.2 Å². The molecule has 37 heavy (non-hydrogen) atoms. The highest BCUT2D eigenvalue weighted by atomic mass is 16.5. The first kappa shape index (κ1) is 28.4. The number of anilines is 1. The molecule has 7 nitrogen and oxygen atoms in total. The summed E-state index contributed by atoms with van der Waals surface area (Å²) in [6.07, 6.45) is 6.02. The van der Waals surface area contributed by atoms with Crippen LogP contribution in [0.5, 0.6) is 0 Å². The van der Waals surface area contributed by atoms with Gasteiger partial charge in [0.15, 0.2) is 6.10 Å². The molecule has 3 rings (SSSR count). The molecule has 0 saturated heterocycles. The lowest BCUT2D eigenvalue weighted by molar-refractivity contribution is -0.144. The minimum atomic E-state index is -0.717. The highest BCUT2D eigenvalue weighted by Crippen LogP contribution is 2.39. The highest BCUT2D eigenvalue weighted by Gasteiger charge is 2.34. The van der Waals surface area contributed by atoms with Crippen molar-refractivity contribution < 1.29 is 19.1 Å². The number of nitrogens with zero attached hydrogens (tertiary/aromatic N) is 2. The Morgan fingerprint density at radius 3 is 2.19 bits per heavy atom. The van der Waals surface area contributed by atoms with Gasteiger partial charge in [-0.15, -0.1) is 0 Å². The minimum Gasteiger partial charge on any atom is -0.453 e. The van der Waals surface area contributed by atoms with E-state index in [9.17, 15) is 14.4 Å². The van der Waals surface area contributed by atoms with E-state index < -0.39 is 12.1 Å². The number of rotatable bonds is 14. The molecule has 0 radical (unpaired) electrons. The number of benzene rings is 2. The summed E-state index contributed by atoms with van der Waals surface area (Å²) in [5.41, 5.74) is 2.31. The lowest BCUT2D eigenvalue weighted by atomic mass is 9.97. The van der Waals surface area contributed by atoms with Crippen LogP contribution in [0.25, 0.3) is 0 Å². The number of fused-ring (bicyclic) bond motifs is 2. The predicted molar refractivity (Wildman–Crippen MR) is 147 cm³/mol. The largest absolute Gasteiger partial charge is 0.453 e. The fourth-order valence-electron chi connectivity index (χ4n) is 4.73. The summed E-state index contributed by atoms with van der Waals surface area (Å²) in [5.74, 6) is -0.924. The van der Waals surface area contributed by atoms with Crippen molar-refractivity contribution in [3.63, 3.8) is 0 Å². The van der Waals surface area contributed by atoms with Crippen molar-refractivity contribution in [2.24, 2.45) is 0 Å². The van der Waals surface area contributed by atoms with E-state index in [1.54, 1.807) is 24.3 Å². The van der Waals surface area contributed by atoms with Crippen LogP contribution >= 0.6 is 0 Å². The predicted octanol–water partition coefficient (Wildman–Crippen LogP) is 5.10. The average molecular weight is 508 g/mol. The van der Waals surface area contributed by atoms with Crippen LogP contribution in [0.2, 0.25) is 0 Å². The number of ether oxygens (including phenoxy) is 1. The van der Waals surface area contributed by atoms with Crippen molar-refractivity contribution in [2.75, 3.05) is 37.6 Å². The van der Waals surface area contributed by atoms with E-state index in [2.05, 4.69) is 24.1 Å². The maximum Gasteiger partial charge on any atom is 0.303 e. The first-order valence-electron chi connectivity index (χ1n) is 13.6. The normalized spacial score (nSPS) is 14.6. The fraction of sp³-hybridized carbons (Fsp3) is 0.500. The first-order valence-corrected chi connectivity index (χ1v) is 13.6. The van der Waals surface area contributed by atoms with Gasteiger partial charge < -0.3 is 15.0 Å². The molecule has 0 aromatic heterocycles. The van der Waals surface area contributed by atoms with Gasteiger partial charge in [0.2, 0.25) is 5.91 Å². The number of amides is 2. The molecule has 0 aliphatic carbocycles. The van der Waals surface area contributed by atoms with Crippen LogP contribution in [-0.4, -0.2) is 55.4 Å². The van der Waals surface area contributed by atoms with E-state index in [0.717, 1.165) is 32.5 Å². The van der Waals surface area contributed by atoms with E-state index >= 15 is 0 Å². The van der Waals surface area contributed by atoms with Gasteiger partial charge >= 0.3 is 5.97 Å². The third kappa shape index (κ3) is 7.89. The van der Waals surface area contributed by atoms with Crippen LogP contribution in [0.4, 0.5) is 5.69 Å². The van der Waals surface area contributed by atoms with Gasteiger partial charge in [-0.25, -0.2) is 0 Å². The van der Waals surface area contributed by atoms with E-state index in [1.165, 1.54) is 37.5 Å². The monoisotopic (exact) mass is 507 g/mol. The quantitative estimate of drug-likeness (QED) is 0.284. The molecule has 2 aromatic carbocycles. The van der Waals surface area contributed by atoms with Crippen molar-refractivity contribution in [1.82, 2.24) is 10.2 Å².